The molecule has 2 aliphatic heterocycles. The normalized spacial score (nSPS) is 20.4. The first-order chi connectivity index (χ1) is 19.3. The van der Waals surface area contributed by atoms with E-state index in [1.165, 1.54) is 11.1 Å². The Morgan fingerprint density at radius 1 is 1.23 bits per heavy atom. The van der Waals surface area contributed by atoms with Crippen LogP contribution in [0, 0.1) is 6.92 Å². The number of nitrogens with one attached hydrogen (secondary N) is 3. The number of aromatic nitrogens is 3. The highest BCUT2D eigenvalue weighted by atomic mass is 16.5. The first kappa shape index (κ1) is 27.9. The highest BCUT2D eigenvalue weighted by molar-refractivity contribution is 6.10. The lowest BCUT2D eigenvalue weighted by Gasteiger charge is -2.43. The van der Waals surface area contributed by atoms with Crippen LogP contribution >= 0.6 is 0 Å². The van der Waals surface area contributed by atoms with Crippen LogP contribution in [0.3, 0.4) is 0 Å². The second-order valence-electron chi connectivity index (χ2n) is 11.3. The van der Waals surface area contributed by atoms with Crippen LogP contribution in [0.2, 0.25) is 0 Å². The van der Waals surface area contributed by atoms with Crippen molar-refractivity contribution in [2.75, 3.05) is 23.9 Å². The lowest BCUT2D eigenvalue weighted by atomic mass is 9.92. The summed E-state index contributed by atoms with van der Waals surface area (Å²) in [6.07, 6.45) is 8.39. The van der Waals surface area contributed by atoms with E-state index in [2.05, 4.69) is 96.2 Å². The van der Waals surface area contributed by atoms with Gasteiger partial charge < -0.3 is 25.6 Å². The van der Waals surface area contributed by atoms with Crippen LogP contribution in [0.15, 0.2) is 65.6 Å². The number of anilines is 2. The van der Waals surface area contributed by atoms with E-state index in [9.17, 15) is 0 Å². The zero-order chi connectivity index (χ0) is 28.3. The molecular weight excluding hydrogens is 500 g/mol. The summed E-state index contributed by atoms with van der Waals surface area (Å²) in [7, 11) is 3.89. The number of amidine groups is 1. The van der Waals surface area contributed by atoms with Gasteiger partial charge in [-0.1, -0.05) is 19.1 Å². The molecule has 0 amide bonds. The summed E-state index contributed by atoms with van der Waals surface area (Å²) in [6.45, 7) is 10.1. The third-order valence-corrected chi connectivity index (χ3v) is 7.54. The molecule has 3 aromatic rings. The first-order valence-corrected chi connectivity index (χ1v) is 14.2. The standard InChI is InChI=1S/C31H42N8O/c1-7-22-17-33-30(36-24-11-12-27(21(2)15-24)23-18-34-38(6)20-23)37-29(22)39(26-13-14-40-31(3,4)16-26)28-10-8-9-25(35-28)19-32-5/h8-12,15,17-18,20,26,30,32-33,36H,7,13-14,16,19H2,1-6H3/t26-,30?/m1/s1. The topological polar surface area (TPSA) is 91.6 Å². The summed E-state index contributed by atoms with van der Waals surface area (Å²) in [4.78, 5) is 12.7. The third kappa shape index (κ3) is 6.21. The minimum Gasteiger partial charge on any atom is -0.375 e. The summed E-state index contributed by atoms with van der Waals surface area (Å²) in [5, 5.41) is 14.6. The Morgan fingerprint density at radius 2 is 2.08 bits per heavy atom. The Balaban J connectivity index is 1.47. The van der Waals surface area contributed by atoms with Gasteiger partial charge in [-0.3, -0.25) is 4.68 Å². The maximum absolute atomic E-state index is 6.10. The SMILES string of the molecule is CCC1=CNC(Nc2ccc(-c3cnn(C)c3)c(C)c2)N=C1N(c1cccc(CNC)n1)[C@@H]1CCOC(C)(C)C1. The van der Waals surface area contributed by atoms with E-state index in [4.69, 9.17) is 14.7 Å². The van der Waals surface area contributed by atoms with Gasteiger partial charge in [0.1, 0.15) is 11.7 Å². The zero-order valence-electron chi connectivity index (χ0n) is 24.5. The maximum atomic E-state index is 6.10. The molecule has 5 rings (SSSR count). The van der Waals surface area contributed by atoms with Gasteiger partial charge in [0, 0.05) is 55.5 Å². The van der Waals surface area contributed by atoms with Crippen LogP contribution in [0.1, 0.15) is 51.3 Å². The van der Waals surface area contributed by atoms with Gasteiger partial charge in [-0.15, -0.1) is 0 Å². The van der Waals surface area contributed by atoms with Crippen molar-refractivity contribution < 1.29 is 4.74 Å². The molecule has 40 heavy (non-hydrogen) atoms. The van der Waals surface area contributed by atoms with E-state index in [1.807, 2.05) is 31.2 Å². The average Bonchev–Trinajstić information content (AvgIpc) is 3.35. The van der Waals surface area contributed by atoms with Crippen molar-refractivity contribution in [3.05, 3.63) is 71.8 Å². The predicted molar refractivity (Wildman–Crippen MR) is 162 cm³/mol. The number of ether oxygens (including phenoxy) is 1. The van der Waals surface area contributed by atoms with Crippen LogP contribution in [0.4, 0.5) is 11.5 Å². The summed E-state index contributed by atoms with van der Waals surface area (Å²) in [6, 6.07) is 12.9. The Kier molecular flexibility index (Phi) is 8.23. The Morgan fingerprint density at radius 3 is 2.77 bits per heavy atom. The van der Waals surface area contributed by atoms with Crippen LogP contribution in [0.5, 0.6) is 0 Å². The largest absolute Gasteiger partial charge is 0.375 e. The van der Waals surface area contributed by atoms with E-state index >= 15 is 0 Å². The molecule has 4 heterocycles. The molecule has 3 N–H and O–H groups in total. The fraction of sp³-hybridized carbons (Fsp3) is 0.452. The van der Waals surface area contributed by atoms with Crippen LogP contribution in [-0.2, 0) is 18.3 Å². The molecule has 1 unspecified atom stereocenters. The quantitative estimate of drug-likeness (QED) is 0.370. The van der Waals surface area contributed by atoms with Crippen LogP contribution < -0.4 is 20.9 Å². The number of hydrogen-bond donors (Lipinski definition) is 3. The van der Waals surface area contributed by atoms with Gasteiger partial charge in [0.2, 0.25) is 0 Å². The maximum Gasteiger partial charge on any atom is 0.196 e. The summed E-state index contributed by atoms with van der Waals surface area (Å²) in [5.74, 6) is 1.88. The van der Waals surface area contributed by atoms with Gasteiger partial charge in [0.05, 0.1) is 17.5 Å². The van der Waals surface area contributed by atoms with Crippen molar-refractivity contribution in [2.24, 2.45) is 12.0 Å². The number of pyridine rings is 1. The molecule has 0 saturated carbocycles. The molecule has 0 spiro atoms. The molecule has 9 nitrogen and oxygen atoms in total. The first-order valence-electron chi connectivity index (χ1n) is 14.2. The molecule has 1 fully saturated rings. The minimum atomic E-state index is -0.315. The number of benzene rings is 1. The van der Waals surface area contributed by atoms with E-state index in [-0.39, 0.29) is 17.9 Å². The van der Waals surface area contributed by atoms with Crippen LogP contribution in [0.25, 0.3) is 11.1 Å². The zero-order valence-corrected chi connectivity index (χ0v) is 24.5. The number of aryl methyl sites for hydroxylation is 2. The number of hydrogen-bond acceptors (Lipinski definition) is 8. The third-order valence-electron chi connectivity index (χ3n) is 7.54. The fourth-order valence-corrected chi connectivity index (χ4v) is 5.60. The molecule has 0 radical (unpaired) electrons. The van der Waals surface area contributed by atoms with Crippen molar-refractivity contribution in [3.63, 3.8) is 0 Å². The van der Waals surface area contributed by atoms with Gasteiger partial charge in [0.25, 0.3) is 0 Å². The van der Waals surface area contributed by atoms with E-state index in [1.54, 1.807) is 0 Å². The van der Waals surface area contributed by atoms with Gasteiger partial charge in [-0.2, -0.15) is 5.10 Å². The smallest absolute Gasteiger partial charge is 0.196 e. The molecule has 0 bridgehead atoms. The summed E-state index contributed by atoms with van der Waals surface area (Å²) >= 11 is 0. The molecule has 212 valence electrons. The van der Waals surface area contributed by atoms with Crippen molar-refractivity contribution >= 4 is 17.3 Å². The van der Waals surface area contributed by atoms with Gasteiger partial charge in [0.15, 0.2) is 6.29 Å². The highest BCUT2D eigenvalue weighted by Gasteiger charge is 2.36. The van der Waals surface area contributed by atoms with Gasteiger partial charge >= 0.3 is 0 Å². The molecule has 1 aromatic carbocycles. The molecular formula is C31H42N8O. The molecule has 1 saturated heterocycles. The Hall–Kier alpha value is -3.69. The lowest BCUT2D eigenvalue weighted by molar-refractivity contribution is -0.0575. The molecule has 2 aliphatic rings. The number of nitrogens with zero attached hydrogens (tertiary/aromatic N) is 5. The molecule has 9 heteroatoms. The Bertz CT molecular complexity index is 1390. The van der Waals surface area contributed by atoms with Crippen LogP contribution in [-0.4, -0.2) is 52.2 Å². The van der Waals surface area contributed by atoms with Crippen molar-refractivity contribution in [2.45, 2.75) is 71.4 Å². The monoisotopic (exact) mass is 542 g/mol. The highest BCUT2D eigenvalue weighted by Crippen LogP contribution is 2.33. The van der Waals surface area contributed by atoms with Crippen molar-refractivity contribution in [3.8, 4) is 11.1 Å². The second-order valence-corrected chi connectivity index (χ2v) is 11.3. The van der Waals surface area contributed by atoms with E-state index in [0.29, 0.717) is 13.2 Å². The average molecular weight is 543 g/mol. The molecule has 2 atom stereocenters. The molecule has 2 aromatic heterocycles. The van der Waals surface area contributed by atoms with Crippen molar-refractivity contribution in [1.29, 1.82) is 0 Å². The van der Waals surface area contributed by atoms with Crippen molar-refractivity contribution in [1.82, 2.24) is 25.4 Å². The van der Waals surface area contributed by atoms with Gasteiger partial charge in [-0.25, -0.2) is 9.98 Å². The second kappa shape index (κ2) is 11.8. The fourth-order valence-electron chi connectivity index (χ4n) is 5.60. The summed E-state index contributed by atoms with van der Waals surface area (Å²) in [5.41, 5.74) is 6.43. The molecule has 0 aliphatic carbocycles. The minimum absolute atomic E-state index is 0.210. The van der Waals surface area contributed by atoms with E-state index in [0.717, 1.165) is 53.4 Å². The van der Waals surface area contributed by atoms with E-state index < -0.39 is 0 Å². The predicted octanol–water partition coefficient (Wildman–Crippen LogP) is 4.97. The summed E-state index contributed by atoms with van der Waals surface area (Å²) < 4.78 is 7.93. The Labute approximate surface area is 237 Å². The number of aliphatic imine (C=N–C) groups is 1. The van der Waals surface area contributed by atoms with Gasteiger partial charge in [-0.05, 0) is 82.5 Å². The lowest BCUT2D eigenvalue weighted by Crippen LogP contribution is -2.51. The number of rotatable bonds is 8.